The van der Waals surface area contributed by atoms with Gasteiger partial charge in [-0.2, -0.15) is 10.4 Å². The fourth-order valence-electron chi connectivity index (χ4n) is 3.97. The second-order valence-corrected chi connectivity index (χ2v) is 8.77. The summed E-state index contributed by atoms with van der Waals surface area (Å²) in [5, 5.41) is 16.3. The Morgan fingerprint density at radius 3 is 2.35 bits per heavy atom. The predicted molar refractivity (Wildman–Crippen MR) is 152 cm³/mol. The molecule has 8 heteroatoms. The number of hydrogen-bond acceptors (Lipinski definition) is 6. The van der Waals surface area contributed by atoms with Crippen molar-refractivity contribution in [2.45, 2.75) is 19.1 Å². The first kappa shape index (κ1) is 27.6. The molecule has 0 aliphatic heterocycles. The van der Waals surface area contributed by atoms with Gasteiger partial charge in [0.15, 0.2) is 11.5 Å². The van der Waals surface area contributed by atoms with Gasteiger partial charge in [0.05, 0.1) is 37.4 Å². The van der Waals surface area contributed by atoms with Crippen LogP contribution in [0, 0.1) is 11.3 Å². The molecule has 0 saturated carbocycles. The number of rotatable bonds is 11. The Morgan fingerprint density at radius 1 is 0.925 bits per heavy atom. The molecule has 200 valence electrons. The minimum atomic E-state index is -0.535. The number of nitrogens with one attached hydrogen (secondary N) is 2. The second kappa shape index (κ2) is 13.9. The van der Waals surface area contributed by atoms with E-state index in [9.17, 15) is 14.9 Å². The van der Waals surface area contributed by atoms with Gasteiger partial charge in [-0.25, -0.2) is 5.43 Å². The Labute approximate surface area is 232 Å². The van der Waals surface area contributed by atoms with E-state index in [0.29, 0.717) is 28.2 Å². The summed E-state index contributed by atoms with van der Waals surface area (Å²) in [5.41, 5.74) is 5.86. The van der Waals surface area contributed by atoms with Gasteiger partial charge in [-0.1, -0.05) is 66.7 Å². The summed E-state index contributed by atoms with van der Waals surface area (Å²) in [6, 6.07) is 32.3. The van der Waals surface area contributed by atoms with Crippen LogP contribution in [0.4, 0.5) is 0 Å². The zero-order chi connectivity index (χ0) is 28.2. The van der Waals surface area contributed by atoms with Crippen molar-refractivity contribution in [1.82, 2.24) is 10.7 Å². The van der Waals surface area contributed by atoms with Crippen molar-refractivity contribution in [2.75, 3.05) is 7.11 Å². The first-order valence-electron chi connectivity index (χ1n) is 12.6. The molecule has 0 saturated heterocycles. The molecule has 0 aromatic heterocycles. The average molecular weight is 533 g/mol. The topological polar surface area (TPSA) is 113 Å². The molecule has 0 spiro atoms. The van der Waals surface area contributed by atoms with E-state index >= 15 is 0 Å². The molecule has 0 heterocycles. The summed E-state index contributed by atoms with van der Waals surface area (Å²) in [7, 11) is 1.53. The fourth-order valence-corrected chi connectivity index (χ4v) is 3.97. The zero-order valence-electron chi connectivity index (χ0n) is 21.9. The highest BCUT2D eigenvalue weighted by atomic mass is 16.5. The van der Waals surface area contributed by atoms with Crippen LogP contribution in [0.1, 0.15) is 45.1 Å². The molecule has 0 aliphatic rings. The minimum absolute atomic E-state index is 0.000196. The number of nitriles is 1. The van der Waals surface area contributed by atoms with Crippen molar-refractivity contribution < 1.29 is 19.1 Å². The molecule has 2 amide bonds. The van der Waals surface area contributed by atoms with Gasteiger partial charge in [0.1, 0.15) is 6.61 Å². The third kappa shape index (κ3) is 7.55. The van der Waals surface area contributed by atoms with E-state index in [1.807, 2.05) is 48.5 Å². The normalized spacial score (nSPS) is 11.3. The van der Waals surface area contributed by atoms with Crippen LogP contribution in [0.5, 0.6) is 11.5 Å². The first-order valence-corrected chi connectivity index (χ1v) is 12.6. The third-order valence-corrected chi connectivity index (χ3v) is 6.04. The molecule has 0 fully saturated rings. The molecule has 4 rings (SSSR count). The summed E-state index contributed by atoms with van der Waals surface area (Å²) >= 11 is 0. The van der Waals surface area contributed by atoms with Gasteiger partial charge >= 0.3 is 0 Å². The lowest BCUT2D eigenvalue weighted by molar-refractivity contribution is -0.121. The van der Waals surface area contributed by atoms with Crippen LogP contribution in [0.2, 0.25) is 0 Å². The van der Waals surface area contributed by atoms with Crippen LogP contribution < -0.4 is 20.2 Å². The summed E-state index contributed by atoms with van der Waals surface area (Å²) in [6.45, 7) is 0.215. The number of amides is 2. The molecule has 4 aromatic rings. The molecular formula is C32H28N4O4. The smallest absolute Gasteiger partial charge is 0.251 e. The lowest BCUT2D eigenvalue weighted by atomic mass is 10.0. The lowest BCUT2D eigenvalue weighted by Gasteiger charge is -2.18. The summed E-state index contributed by atoms with van der Waals surface area (Å²) < 4.78 is 11.3. The predicted octanol–water partition coefficient (Wildman–Crippen LogP) is 5.16. The van der Waals surface area contributed by atoms with Gasteiger partial charge in [-0.15, -0.1) is 0 Å². The number of nitrogens with zero attached hydrogens (tertiary/aromatic N) is 2. The molecule has 40 heavy (non-hydrogen) atoms. The van der Waals surface area contributed by atoms with E-state index in [4.69, 9.17) is 9.47 Å². The van der Waals surface area contributed by atoms with Gasteiger partial charge in [0.2, 0.25) is 5.91 Å². The number of carbonyl (C=O) groups excluding carboxylic acids is 2. The number of hydrazone groups is 1. The van der Waals surface area contributed by atoms with Crippen molar-refractivity contribution in [2.24, 2.45) is 5.10 Å². The standard InChI is InChI=1S/C32H28N4O4/c1-39-30-18-23(16-17-29(30)40-22-27-15-9-8-14-26(27)20-33)21-34-36-31(37)19-28(24-10-4-2-5-11-24)35-32(38)25-12-6-3-7-13-25/h2-18,21,28H,19,22H2,1H3,(H,35,38)(H,36,37)/b34-21-/t28-/m0/s1. The van der Waals surface area contributed by atoms with Crippen LogP contribution in [0.15, 0.2) is 108 Å². The van der Waals surface area contributed by atoms with E-state index in [1.165, 1.54) is 13.3 Å². The number of hydrogen-bond donors (Lipinski definition) is 2. The van der Waals surface area contributed by atoms with Crippen LogP contribution in [0.3, 0.4) is 0 Å². The third-order valence-electron chi connectivity index (χ3n) is 6.04. The number of ether oxygens (including phenoxy) is 2. The Balaban J connectivity index is 1.38. The first-order chi connectivity index (χ1) is 19.6. The van der Waals surface area contributed by atoms with Crippen LogP contribution in [0.25, 0.3) is 0 Å². The SMILES string of the molecule is COc1cc(/C=N\NC(=O)C[C@H](NC(=O)c2ccccc2)c2ccccc2)ccc1OCc1ccccc1C#N. The van der Waals surface area contributed by atoms with Gasteiger partial charge in [-0.3, -0.25) is 9.59 Å². The van der Waals surface area contributed by atoms with Gasteiger partial charge in [0, 0.05) is 11.1 Å². The maximum absolute atomic E-state index is 12.7. The van der Waals surface area contributed by atoms with Crippen molar-refractivity contribution >= 4 is 18.0 Å². The number of methoxy groups -OCH3 is 1. The molecule has 4 aromatic carbocycles. The Bertz CT molecular complexity index is 1520. The molecule has 0 unspecified atom stereocenters. The van der Waals surface area contributed by atoms with E-state index in [-0.39, 0.29) is 24.8 Å². The minimum Gasteiger partial charge on any atom is -0.493 e. The molecule has 0 aliphatic carbocycles. The number of benzene rings is 4. The van der Waals surface area contributed by atoms with Crippen LogP contribution in [-0.4, -0.2) is 25.1 Å². The maximum Gasteiger partial charge on any atom is 0.251 e. The molecule has 8 nitrogen and oxygen atoms in total. The largest absolute Gasteiger partial charge is 0.493 e. The summed E-state index contributed by atoms with van der Waals surface area (Å²) in [5.74, 6) is 0.367. The van der Waals surface area contributed by atoms with Crippen molar-refractivity contribution in [3.05, 3.63) is 131 Å². The van der Waals surface area contributed by atoms with Crippen molar-refractivity contribution in [3.63, 3.8) is 0 Å². The average Bonchev–Trinajstić information content (AvgIpc) is 3.01. The summed E-state index contributed by atoms with van der Waals surface area (Å²) in [4.78, 5) is 25.5. The number of carbonyl (C=O) groups is 2. The Hall–Kier alpha value is -5.42. The zero-order valence-corrected chi connectivity index (χ0v) is 21.9. The van der Waals surface area contributed by atoms with Gasteiger partial charge in [-0.05, 0) is 47.5 Å². The molecule has 0 bridgehead atoms. The molecule has 0 radical (unpaired) electrons. The van der Waals surface area contributed by atoms with E-state index < -0.39 is 6.04 Å². The lowest BCUT2D eigenvalue weighted by Crippen LogP contribution is -2.32. The highest BCUT2D eigenvalue weighted by molar-refractivity contribution is 5.94. The monoisotopic (exact) mass is 532 g/mol. The Morgan fingerprint density at radius 2 is 1.62 bits per heavy atom. The van der Waals surface area contributed by atoms with Gasteiger partial charge in [0.25, 0.3) is 5.91 Å². The second-order valence-electron chi connectivity index (χ2n) is 8.77. The summed E-state index contributed by atoms with van der Waals surface area (Å²) in [6.07, 6.45) is 1.50. The van der Waals surface area contributed by atoms with Crippen molar-refractivity contribution in [1.29, 1.82) is 5.26 Å². The highest BCUT2D eigenvalue weighted by Gasteiger charge is 2.19. The Kier molecular flexibility index (Phi) is 9.62. The molecular weight excluding hydrogens is 504 g/mol. The van der Waals surface area contributed by atoms with E-state index in [1.54, 1.807) is 54.6 Å². The van der Waals surface area contributed by atoms with Crippen molar-refractivity contribution in [3.8, 4) is 17.6 Å². The fraction of sp³-hybridized carbons (Fsp3) is 0.125. The van der Waals surface area contributed by atoms with Crippen LogP contribution in [-0.2, 0) is 11.4 Å². The molecule has 1 atom stereocenters. The van der Waals surface area contributed by atoms with Crippen LogP contribution >= 0.6 is 0 Å². The van der Waals surface area contributed by atoms with E-state index in [0.717, 1.165) is 11.1 Å². The molecule has 2 N–H and O–H groups in total. The van der Waals surface area contributed by atoms with Gasteiger partial charge < -0.3 is 14.8 Å². The highest BCUT2D eigenvalue weighted by Crippen LogP contribution is 2.28. The quantitative estimate of drug-likeness (QED) is 0.205. The maximum atomic E-state index is 12.7. The van der Waals surface area contributed by atoms with E-state index in [2.05, 4.69) is 21.9 Å².